The minimum absolute atomic E-state index is 0.137. The Kier molecular flexibility index (Phi) is 5.63. The molecule has 0 amide bonds. The topological polar surface area (TPSA) is 3.24 Å². The molecule has 3 aromatic rings. The Hall–Kier alpha value is -3.42. The van der Waals surface area contributed by atoms with Gasteiger partial charge in [0.2, 0.25) is 0 Å². The molecule has 0 N–H and O–H groups in total. The zero-order valence-electron chi connectivity index (χ0n) is 18.6. The van der Waals surface area contributed by atoms with E-state index < -0.39 is 0 Å². The first-order valence-corrected chi connectivity index (χ1v) is 10.9. The molecule has 0 radical (unpaired) electrons. The summed E-state index contributed by atoms with van der Waals surface area (Å²) in [6.07, 6.45) is 13.3. The summed E-state index contributed by atoms with van der Waals surface area (Å²) in [5, 5.41) is 0. The van der Waals surface area contributed by atoms with Crippen molar-refractivity contribution >= 4 is 5.69 Å². The van der Waals surface area contributed by atoms with Crippen LogP contribution in [0.3, 0.4) is 0 Å². The zero-order valence-corrected chi connectivity index (χ0v) is 18.6. The molecule has 154 valence electrons. The summed E-state index contributed by atoms with van der Waals surface area (Å²) in [5.41, 5.74) is 7.19. The van der Waals surface area contributed by atoms with E-state index >= 15 is 0 Å². The summed E-state index contributed by atoms with van der Waals surface area (Å²) in [4.78, 5) is 2.57. The molecule has 31 heavy (non-hydrogen) atoms. The van der Waals surface area contributed by atoms with E-state index in [2.05, 4.69) is 86.0 Å². The predicted molar refractivity (Wildman–Crippen MR) is 131 cm³/mol. The third-order valence-corrected chi connectivity index (χ3v) is 6.34. The fourth-order valence-electron chi connectivity index (χ4n) is 4.56. The second-order valence-electron chi connectivity index (χ2n) is 9.35. The number of benzene rings is 3. The van der Waals surface area contributed by atoms with Gasteiger partial charge in [0.15, 0.2) is 0 Å². The molecule has 3 aromatic carbocycles. The lowest BCUT2D eigenvalue weighted by molar-refractivity contribution is 0.589. The lowest BCUT2D eigenvalue weighted by Gasteiger charge is -2.34. The minimum atomic E-state index is 0.137. The molecule has 4 rings (SSSR count). The van der Waals surface area contributed by atoms with E-state index in [1.54, 1.807) is 0 Å². The largest absolute Gasteiger partial charge is 0.357 e. The molecule has 0 spiro atoms. The number of terminal acetylenes is 2. The van der Waals surface area contributed by atoms with Gasteiger partial charge < -0.3 is 4.90 Å². The van der Waals surface area contributed by atoms with Crippen LogP contribution >= 0.6 is 0 Å². The molecule has 1 heterocycles. The summed E-state index contributed by atoms with van der Waals surface area (Å²) >= 11 is 0. The highest BCUT2D eigenvalue weighted by atomic mass is 15.2. The van der Waals surface area contributed by atoms with Gasteiger partial charge in [-0.1, -0.05) is 69.0 Å². The van der Waals surface area contributed by atoms with Gasteiger partial charge in [0.1, 0.15) is 0 Å². The highest BCUT2D eigenvalue weighted by molar-refractivity contribution is 5.55. The Bertz CT molecular complexity index is 1050. The summed E-state index contributed by atoms with van der Waals surface area (Å²) in [7, 11) is 0. The van der Waals surface area contributed by atoms with E-state index in [9.17, 15) is 0 Å². The normalized spacial score (nSPS) is 18.4. The van der Waals surface area contributed by atoms with Crippen molar-refractivity contribution < 1.29 is 0 Å². The van der Waals surface area contributed by atoms with Crippen LogP contribution in [0.15, 0.2) is 72.8 Å². The SMILES string of the molecule is C#Cc1ccc(C2CCC(c3ccc(C#C)cc3)N2c2ccc(C(C)(C)C)cc2)cc1. The van der Waals surface area contributed by atoms with Gasteiger partial charge in [-0.25, -0.2) is 0 Å². The number of hydrogen-bond donors (Lipinski definition) is 0. The average Bonchev–Trinajstić information content (AvgIpc) is 3.24. The van der Waals surface area contributed by atoms with Crippen molar-refractivity contribution in [3.8, 4) is 24.7 Å². The number of hydrogen-bond acceptors (Lipinski definition) is 1. The van der Waals surface area contributed by atoms with E-state index in [1.165, 1.54) is 22.4 Å². The van der Waals surface area contributed by atoms with Gasteiger partial charge in [0.05, 0.1) is 12.1 Å². The second-order valence-corrected chi connectivity index (χ2v) is 9.35. The van der Waals surface area contributed by atoms with Crippen molar-refractivity contribution in [1.82, 2.24) is 0 Å². The highest BCUT2D eigenvalue weighted by Gasteiger charge is 2.35. The first-order valence-electron chi connectivity index (χ1n) is 10.9. The lowest BCUT2D eigenvalue weighted by atomic mass is 9.87. The fraction of sp³-hybridized carbons (Fsp3) is 0.267. The van der Waals surface area contributed by atoms with E-state index in [-0.39, 0.29) is 5.41 Å². The maximum absolute atomic E-state index is 5.57. The molecule has 1 aliphatic heterocycles. The Balaban J connectivity index is 1.74. The van der Waals surface area contributed by atoms with Crippen molar-refractivity contribution in [3.63, 3.8) is 0 Å². The van der Waals surface area contributed by atoms with Crippen LogP contribution in [-0.4, -0.2) is 0 Å². The summed E-state index contributed by atoms with van der Waals surface area (Å²) < 4.78 is 0. The molecule has 2 atom stereocenters. The molecule has 0 saturated carbocycles. The average molecular weight is 404 g/mol. The van der Waals surface area contributed by atoms with Crippen molar-refractivity contribution in [2.75, 3.05) is 4.90 Å². The molecule has 1 nitrogen and oxygen atoms in total. The van der Waals surface area contributed by atoms with Crippen molar-refractivity contribution in [1.29, 1.82) is 0 Å². The van der Waals surface area contributed by atoms with Gasteiger partial charge in [-0.2, -0.15) is 0 Å². The van der Waals surface area contributed by atoms with Crippen LogP contribution in [0.2, 0.25) is 0 Å². The summed E-state index contributed by atoms with van der Waals surface area (Å²) in [6.45, 7) is 6.76. The van der Waals surface area contributed by atoms with Gasteiger partial charge in [-0.15, -0.1) is 12.8 Å². The maximum atomic E-state index is 5.57. The Morgan fingerprint density at radius 2 is 1.10 bits per heavy atom. The number of nitrogens with zero attached hydrogens (tertiary/aromatic N) is 1. The highest BCUT2D eigenvalue weighted by Crippen LogP contribution is 2.47. The van der Waals surface area contributed by atoms with E-state index in [0.29, 0.717) is 12.1 Å². The number of rotatable bonds is 3. The van der Waals surface area contributed by atoms with Gasteiger partial charge >= 0.3 is 0 Å². The fourth-order valence-corrected chi connectivity index (χ4v) is 4.56. The maximum Gasteiger partial charge on any atom is 0.0549 e. The third kappa shape index (κ3) is 4.23. The van der Waals surface area contributed by atoms with Crippen molar-refractivity contribution in [3.05, 3.63) is 101 Å². The molecule has 1 aliphatic rings. The van der Waals surface area contributed by atoms with Crippen LogP contribution in [0.1, 0.15) is 73.5 Å². The molecule has 1 heteroatoms. The summed E-state index contributed by atoms with van der Waals surface area (Å²) in [5.74, 6) is 5.45. The van der Waals surface area contributed by atoms with Crippen LogP contribution in [0, 0.1) is 24.7 Å². The molecular weight excluding hydrogens is 374 g/mol. The van der Waals surface area contributed by atoms with Crippen molar-refractivity contribution in [2.24, 2.45) is 0 Å². The molecule has 0 aromatic heterocycles. The molecule has 0 aliphatic carbocycles. The molecule has 2 unspecified atom stereocenters. The van der Waals surface area contributed by atoms with Crippen LogP contribution < -0.4 is 4.90 Å². The number of anilines is 1. The first kappa shape index (κ1) is 20.8. The monoisotopic (exact) mass is 403 g/mol. The van der Waals surface area contributed by atoms with E-state index in [4.69, 9.17) is 12.8 Å². The Morgan fingerprint density at radius 1 is 0.677 bits per heavy atom. The van der Waals surface area contributed by atoms with Crippen LogP contribution in [-0.2, 0) is 5.41 Å². The van der Waals surface area contributed by atoms with Gasteiger partial charge in [0.25, 0.3) is 0 Å². The van der Waals surface area contributed by atoms with Crippen LogP contribution in [0.5, 0.6) is 0 Å². The summed E-state index contributed by atoms with van der Waals surface area (Å²) in [6, 6.07) is 26.6. The predicted octanol–water partition coefficient (Wildman–Crippen LogP) is 7.03. The van der Waals surface area contributed by atoms with Gasteiger partial charge in [-0.05, 0) is 71.3 Å². The molecule has 0 bridgehead atoms. The Labute approximate surface area is 187 Å². The molecular formula is C30H29N. The van der Waals surface area contributed by atoms with Crippen LogP contribution in [0.25, 0.3) is 0 Å². The smallest absolute Gasteiger partial charge is 0.0549 e. The van der Waals surface area contributed by atoms with E-state index in [0.717, 1.165) is 24.0 Å². The minimum Gasteiger partial charge on any atom is -0.357 e. The first-order chi connectivity index (χ1) is 14.9. The standard InChI is InChI=1S/C30H29N/c1-6-22-8-12-24(13-9-22)28-20-21-29(25-14-10-23(7-2)11-15-25)31(28)27-18-16-26(17-19-27)30(3,4)5/h1-2,8-19,28-29H,20-21H2,3-5H3. The zero-order chi connectivity index (χ0) is 22.0. The van der Waals surface area contributed by atoms with Gasteiger partial charge in [-0.3, -0.25) is 0 Å². The quantitative estimate of drug-likeness (QED) is 0.424. The van der Waals surface area contributed by atoms with Crippen LogP contribution in [0.4, 0.5) is 5.69 Å². The lowest BCUT2D eigenvalue weighted by Crippen LogP contribution is -2.26. The molecule has 1 fully saturated rings. The Morgan fingerprint density at radius 3 is 1.45 bits per heavy atom. The van der Waals surface area contributed by atoms with Gasteiger partial charge in [0, 0.05) is 16.8 Å². The van der Waals surface area contributed by atoms with Crippen molar-refractivity contribution in [2.45, 2.75) is 51.1 Å². The van der Waals surface area contributed by atoms with E-state index in [1.807, 2.05) is 24.3 Å². The third-order valence-electron chi connectivity index (χ3n) is 6.34. The second kappa shape index (κ2) is 8.37. The molecule has 1 saturated heterocycles.